The molecular weight excluding hydrogens is 294 g/mol. The number of fused-ring (bicyclic) bond motifs is 1. The third-order valence-corrected chi connectivity index (χ3v) is 4.10. The molecule has 0 amide bonds. The van der Waals surface area contributed by atoms with Crippen LogP contribution in [-0.4, -0.2) is 22.1 Å². The highest BCUT2D eigenvalue weighted by Gasteiger charge is 2.06. The standard InChI is InChI=1S/C17H15N3OS/c1-12-19-16-6-4-3-5-15(16)17(21)20(12)18-11-13-7-9-14(22-2)10-8-13/h3-11H,1-2H3/b18-11+. The van der Waals surface area contributed by atoms with Crippen LogP contribution in [0.3, 0.4) is 0 Å². The molecule has 0 radical (unpaired) electrons. The van der Waals surface area contributed by atoms with Gasteiger partial charge in [-0.2, -0.15) is 9.78 Å². The van der Waals surface area contributed by atoms with Gasteiger partial charge in [-0.3, -0.25) is 4.79 Å². The molecule has 5 heteroatoms. The fraction of sp³-hybridized carbons (Fsp3) is 0.118. The van der Waals surface area contributed by atoms with Crippen LogP contribution in [-0.2, 0) is 0 Å². The zero-order chi connectivity index (χ0) is 15.5. The monoisotopic (exact) mass is 309 g/mol. The van der Waals surface area contributed by atoms with E-state index in [0.29, 0.717) is 16.7 Å². The van der Waals surface area contributed by atoms with Gasteiger partial charge in [0.05, 0.1) is 17.1 Å². The second-order valence-corrected chi connectivity index (χ2v) is 5.69. The molecule has 0 aliphatic rings. The van der Waals surface area contributed by atoms with E-state index in [2.05, 4.69) is 10.1 Å². The van der Waals surface area contributed by atoms with E-state index in [-0.39, 0.29) is 5.56 Å². The van der Waals surface area contributed by atoms with Crippen molar-refractivity contribution in [3.8, 4) is 0 Å². The first-order chi connectivity index (χ1) is 10.7. The van der Waals surface area contributed by atoms with Gasteiger partial charge in [0.1, 0.15) is 5.82 Å². The third kappa shape index (κ3) is 2.80. The van der Waals surface area contributed by atoms with E-state index in [1.165, 1.54) is 9.57 Å². The summed E-state index contributed by atoms with van der Waals surface area (Å²) >= 11 is 1.69. The highest BCUT2D eigenvalue weighted by atomic mass is 32.2. The van der Waals surface area contributed by atoms with Gasteiger partial charge in [-0.15, -0.1) is 11.8 Å². The van der Waals surface area contributed by atoms with Crippen molar-refractivity contribution >= 4 is 28.9 Å². The zero-order valence-corrected chi connectivity index (χ0v) is 13.2. The van der Waals surface area contributed by atoms with E-state index in [1.54, 1.807) is 31.0 Å². The molecule has 4 nitrogen and oxygen atoms in total. The molecular formula is C17H15N3OS. The van der Waals surface area contributed by atoms with Crippen molar-refractivity contribution in [3.63, 3.8) is 0 Å². The first-order valence-electron chi connectivity index (χ1n) is 6.86. The number of benzene rings is 2. The van der Waals surface area contributed by atoms with Gasteiger partial charge in [0.15, 0.2) is 0 Å². The molecule has 110 valence electrons. The van der Waals surface area contributed by atoms with Crippen LogP contribution < -0.4 is 5.56 Å². The number of rotatable bonds is 3. The summed E-state index contributed by atoms with van der Waals surface area (Å²) in [7, 11) is 0. The van der Waals surface area contributed by atoms with Crippen LogP contribution >= 0.6 is 11.8 Å². The van der Waals surface area contributed by atoms with Crippen molar-refractivity contribution in [2.45, 2.75) is 11.8 Å². The van der Waals surface area contributed by atoms with Gasteiger partial charge in [-0.1, -0.05) is 24.3 Å². The van der Waals surface area contributed by atoms with Gasteiger partial charge in [0.25, 0.3) is 5.56 Å². The van der Waals surface area contributed by atoms with Gasteiger partial charge in [-0.05, 0) is 43.0 Å². The normalized spacial score (nSPS) is 11.4. The van der Waals surface area contributed by atoms with E-state index in [4.69, 9.17) is 0 Å². The second kappa shape index (κ2) is 6.15. The average Bonchev–Trinajstić information content (AvgIpc) is 2.55. The summed E-state index contributed by atoms with van der Waals surface area (Å²) in [6.45, 7) is 1.78. The summed E-state index contributed by atoms with van der Waals surface area (Å²) in [6.07, 6.45) is 3.71. The molecule has 0 spiro atoms. The molecule has 2 aromatic carbocycles. The van der Waals surface area contributed by atoms with Gasteiger partial charge >= 0.3 is 0 Å². The van der Waals surface area contributed by atoms with E-state index in [0.717, 1.165) is 5.56 Å². The van der Waals surface area contributed by atoms with E-state index < -0.39 is 0 Å². The predicted octanol–water partition coefficient (Wildman–Crippen LogP) is 3.31. The van der Waals surface area contributed by atoms with Crippen molar-refractivity contribution in [1.29, 1.82) is 0 Å². The maximum absolute atomic E-state index is 12.5. The van der Waals surface area contributed by atoms with Gasteiger partial charge in [-0.25, -0.2) is 4.98 Å². The SMILES string of the molecule is CSc1ccc(/C=N/n2c(C)nc3ccccc3c2=O)cc1. The molecule has 0 saturated carbocycles. The molecule has 0 atom stereocenters. The van der Waals surface area contributed by atoms with Crippen LogP contribution in [0.2, 0.25) is 0 Å². The summed E-state index contributed by atoms with van der Waals surface area (Å²) in [5, 5.41) is 4.86. The predicted molar refractivity (Wildman–Crippen MR) is 92.0 cm³/mol. The lowest BCUT2D eigenvalue weighted by Crippen LogP contribution is -2.20. The Bertz CT molecular complexity index is 898. The number of aromatic nitrogens is 2. The molecule has 0 bridgehead atoms. The summed E-state index contributed by atoms with van der Waals surface area (Å²) in [4.78, 5) is 18.1. The number of para-hydroxylation sites is 1. The maximum atomic E-state index is 12.5. The van der Waals surface area contributed by atoms with Gasteiger partial charge < -0.3 is 0 Å². The molecule has 1 aromatic heterocycles. The fourth-order valence-electron chi connectivity index (χ4n) is 2.19. The van der Waals surface area contributed by atoms with Gasteiger partial charge in [0, 0.05) is 4.90 Å². The summed E-state index contributed by atoms with van der Waals surface area (Å²) in [5.74, 6) is 0.570. The molecule has 1 heterocycles. The highest BCUT2D eigenvalue weighted by molar-refractivity contribution is 7.98. The summed E-state index contributed by atoms with van der Waals surface area (Å²) < 4.78 is 1.34. The molecule has 3 rings (SSSR count). The maximum Gasteiger partial charge on any atom is 0.282 e. The van der Waals surface area contributed by atoms with E-state index in [9.17, 15) is 4.79 Å². The van der Waals surface area contributed by atoms with Crippen LogP contribution in [0.15, 0.2) is 63.3 Å². The minimum absolute atomic E-state index is 0.153. The lowest BCUT2D eigenvalue weighted by Gasteiger charge is -2.05. The Morgan fingerprint density at radius 2 is 1.86 bits per heavy atom. The first-order valence-corrected chi connectivity index (χ1v) is 8.08. The summed E-state index contributed by atoms with van der Waals surface area (Å²) in [5.41, 5.74) is 1.48. The molecule has 0 fully saturated rings. The Balaban J connectivity index is 2.02. The number of nitrogens with zero attached hydrogens (tertiary/aromatic N) is 3. The van der Waals surface area contributed by atoms with E-state index >= 15 is 0 Å². The number of hydrogen-bond acceptors (Lipinski definition) is 4. The van der Waals surface area contributed by atoms with Crippen molar-refractivity contribution in [2.24, 2.45) is 5.10 Å². The van der Waals surface area contributed by atoms with Gasteiger partial charge in [0.2, 0.25) is 0 Å². The zero-order valence-electron chi connectivity index (χ0n) is 12.4. The Kier molecular flexibility index (Phi) is 4.06. The number of thioether (sulfide) groups is 1. The molecule has 0 unspecified atom stereocenters. The number of hydrogen-bond donors (Lipinski definition) is 0. The largest absolute Gasteiger partial charge is 0.282 e. The third-order valence-electron chi connectivity index (χ3n) is 3.35. The topological polar surface area (TPSA) is 47.2 Å². The molecule has 0 saturated heterocycles. The Morgan fingerprint density at radius 3 is 2.59 bits per heavy atom. The molecule has 0 aliphatic heterocycles. The van der Waals surface area contributed by atoms with Crippen molar-refractivity contribution in [2.75, 3.05) is 6.26 Å². The van der Waals surface area contributed by atoms with Crippen LogP contribution in [0.25, 0.3) is 10.9 Å². The van der Waals surface area contributed by atoms with Crippen molar-refractivity contribution < 1.29 is 0 Å². The highest BCUT2D eigenvalue weighted by Crippen LogP contribution is 2.14. The first kappa shape index (κ1) is 14.5. The smallest absolute Gasteiger partial charge is 0.267 e. The van der Waals surface area contributed by atoms with Crippen LogP contribution in [0.1, 0.15) is 11.4 Å². The minimum atomic E-state index is -0.153. The quantitative estimate of drug-likeness (QED) is 0.551. The molecule has 0 N–H and O–H groups in total. The van der Waals surface area contributed by atoms with Crippen LogP contribution in [0.4, 0.5) is 0 Å². The molecule has 22 heavy (non-hydrogen) atoms. The van der Waals surface area contributed by atoms with E-state index in [1.807, 2.05) is 48.7 Å². The minimum Gasteiger partial charge on any atom is -0.267 e. The Labute approximate surface area is 132 Å². The lowest BCUT2D eigenvalue weighted by atomic mass is 10.2. The average molecular weight is 309 g/mol. The molecule has 3 aromatic rings. The lowest BCUT2D eigenvalue weighted by molar-refractivity contribution is 0.771. The Morgan fingerprint density at radius 1 is 1.14 bits per heavy atom. The van der Waals surface area contributed by atoms with Crippen LogP contribution in [0, 0.1) is 6.92 Å². The van der Waals surface area contributed by atoms with Crippen molar-refractivity contribution in [1.82, 2.24) is 9.66 Å². The van der Waals surface area contributed by atoms with Crippen LogP contribution in [0.5, 0.6) is 0 Å². The molecule has 0 aliphatic carbocycles. The Hall–Kier alpha value is -2.40. The fourth-order valence-corrected chi connectivity index (χ4v) is 2.59. The number of aryl methyl sites for hydroxylation is 1. The summed E-state index contributed by atoms with van der Waals surface area (Å²) in [6, 6.07) is 15.3. The second-order valence-electron chi connectivity index (χ2n) is 4.81. The van der Waals surface area contributed by atoms with Crippen molar-refractivity contribution in [3.05, 3.63) is 70.3 Å².